The van der Waals surface area contributed by atoms with E-state index in [1.165, 1.54) is 6.08 Å². The number of Topliss-reactive ketones (excluding diaryl/α,β-unsaturated/α-hetero) is 1. The maximum atomic E-state index is 13.3. The summed E-state index contributed by atoms with van der Waals surface area (Å²) >= 11 is 6.36. The van der Waals surface area contributed by atoms with Crippen LogP contribution in [0, 0.1) is 5.92 Å². The van der Waals surface area contributed by atoms with Crippen LogP contribution < -0.4 is 16.0 Å². The van der Waals surface area contributed by atoms with Gasteiger partial charge in [-0.3, -0.25) is 14.4 Å². The lowest BCUT2D eigenvalue weighted by atomic mass is 9.82. The van der Waals surface area contributed by atoms with Crippen LogP contribution in [0.1, 0.15) is 46.4 Å². The fourth-order valence-corrected chi connectivity index (χ4v) is 4.94. The molecule has 0 aromatic heterocycles. The van der Waals surface area contributed by atoms with Crippen LogP contribution in [-0.2, 0) is 4.79 Å². The highest BCUT2D eigenvalue weighted by molar-refractivity contribution is 6.41. The molecular weight excluding hydrogens is 426 g/mol. The normalized spacial score (nSPS) is 22.1. The van der Waals surface area contributed by atoms with E-state index in [-0.39, 0.29) is 41.7 Å². The topological polar surface area (TPSA) is 92.5 Å². The quantitative estimate of drug-likeness (QED) is 0.535. The SMILES string of the molecule is NCC=C1C(=O)c2c(Cl)cccc2N(C2CCCC(CNC(=O)c3ccccc3)C2)C1=O. The summed E-state index contributed by atoms with van der Waals surface area (Å²) in [7, 11) is 0. The number of amides is 2. The number of benzene rings is 2. The monoisotopic (exact) mass is 451 g/mol. The lowest BCUT2D eigenvalue weighted by Crippen LogP contribution is -2.49. The van der Waals surface area contributed by atoms with Crippen LogP contribution in [-0.4, -0.2) is 36.7 Å². The molecular formula is C25H26ClN3O3. The van der Waals surface area contributed by atoms with Crippen molar-refractivity contribution in [2.75, 3.05) is 18.0 Å². The average molecular weight is 452 g/mol. The highest BCUT2D eigenvalue weighted by Crippen LogP contribution is 2.39. The van der Waals surface area contributed by atoms with Crippen LogP contribution in [0.25, 0.3) is 0 Å². The van der Waals surface area contributed by atoms with Crippen LogP contribution in [0.2, 0.25) is 5.02 Å². The predicted molar refractivity (Wildman–Crippen MR) is 125 cm³/mol. The number of ketones is 1. The van der Waals surface area contributed by atoms with Gasteiger partial charge >= 0.3 is 0 Å². The first-order valence-corrected chi connectivity index (χ1v) is 11.3. The Balaban J connectivity index is 1.54. The van der Waals surface area contributed by atoms with E-state index < -0.39 is 0 Å². The number of carbonyl (C=O) groups excluding carboxylic acids is 3. The molecule has 2 unspecified atom stereocenters. The molecule has 2 amide bonds. The predicted octanol–water partition coefficient (Wildman–Crippen LogP) is 3.74. The summed E-state index contributed by atoms with van der Waals surface area (Å²) in [6.07, 6.45) is 4.94. The van der Waals surface area contributed by atoms with Crippen molar-refractivity contribution < 1.29 is 14.4 Å². The third kappa shape index (κ3) is 4.33. The maximum absolute atomic E-state index is 13.3. The molecule has 166 valence electrons. The molecule has 2 atom stereocenters. The van der Waals surface area contributed by atoms with Crippen LogP contribution >= 0.6 is 11.6 Å². The number of anilines is 1. The number of rotatable bonds is 5. The number of halogens is 1. The molecule has 32 heavy (non-hydrogen) atoms. The van der Waals surface area contributed by atoms with Gasteiger partial charge in [0.1, 0.15) is 0 Å². The summed E-state index contributed by atoms with van der Waals surface area (Å²) in [5, 5.41) is 3.35. The highest BCUT2D eigenvalue weighted by Gasteiger charge is 2.40. The minimum Gasteiger partial charge on any atom is -0.352 e. The number of nitrogens with one attached hydrogen (secondary N) is 1. The van der Waals surface area contributed by atoms with Crippen molar-refractivity contribution in [3.05, 3.63) is 76.3 Å². The van der Waals surface area contributed by atoms with E-state index in [0.717, 1.165) is 25.7 Å². The van der Waals surface area contributed by atoms with Crippen LogP contribution in [0.5, 0.6) is 0 Å². The van der Waals surface area contributed by atoms with Gasteiger partial charge in [0.2, 0.25) is 5.78 Å². The van der Waals surface area contributed by atoms with Crippen molar-refractivity contribution in [2.45, 2.75) is 31.7 Å². The van der Waals surface area contributed by atoms with E-state index in [4.69, 9.17) is 17.3 Å². The summed E-state index contributed by atoms with van der Waals surface area (Å²) in [5.74, 6) is -0.567. The Bertz CT molecular complexity index is 1070. The van der Waals surface area contributed by atoms with Crippen LogP contribution in [0.15, 0.2) is 60.2 Å². The van der Waals surface area contributed by atoms with Gasteiger partial charge in [-0.25, -0.2) is 0 Å². The van der Waals surface area contributed by atoms with Crippen molar-refractivity contribution in [3.63, 3.8) is 0 Å². The molecule has 1 fully saturated rings. The average Bonchev–Trinajstić information content (AvgIpc) is 2.81. The summed E-state index contributed by atoms with van der Waals surface area (Å²) < 4.78 is 0. The molecule has 7 heteroatoms. The molecule has 2 aromatic carbocycles. The molecule has 2 aromatic rings. The number of hydrogen-bond donors (Lipinski definition) is 2. The Morgan fingerprint density at radius 2 is 1.91 bits per heavy atom. The Kier molecular flexibility index (Phi) is 6.72. The van der Waals surface area contributed by atoms with E-state index >= 15 is 0 Å². The molecule has 0 spiro atoms. The third-order valence-corrected chi connectivity index (χ3v) is 6.52. The van der Waals surface area contributed by atoms with Gasteiger partial charge in [0, 0.05) is 24.7 Å². The second-order valence-electron chi connectivity index (χ2n) is 8.25. The van der Waals surface area contributed by atoms with Gasteiger partial charge in [-0.05, 0) is 49.4 Å². The lowest BCUT2D eigenvalue weighted by Gasteiger charge is -2.40. The van der Waals surface area contributed by atoms with E-state index in [0.29, 0.717) is 28.4 Å². The zero-order valence-corrected chi connectivity index (χ0v) is 18.5. The highest BCUT2D eigenvalue weighted by atomic mass is 35.5. The van der Waals surface area contributed by atoms with Gasteiger partial charge in [0.25, 0.3) is 11.8 Å². The molecule has 0 saturated heterocycles. The Morgan fingerprint density at radius 1 is 1.12 bits per heavy atom. The standard InChI is InChI=1S/C25H26ClN3O3/c26-20-10-5-11-21-22(20)23(30)19(12-13-27)25(32)29(21)18-9-4-6-16(14-18)15-28-24(31)17-7-2-1-3-8-17/h1-3,5,7-8,10-12,16,18H,4,6,9,13-15,27H2,(H,28,31). The smallest absolute Gasteiger partial charge is 0.262 e. The van der Waals surface area contributed by atoms with Gasteiger partial charge in [0.05, 0.1) is 21.8 Å². The number of carbonyl (C=O) groups is 3. The molecule has 1 saturated carbocycles. The minimum atomic E-state index is -0.375. The van der Waals surface area contributed by atoms with Gasteiger partial charge in [-0.2, -0.15) is 0 Å². The van der Waals surface area contributed by atoms with Crippen molar-refractivity contribution in [1.29, 1.82) is 0 Å². The number of nitrogens with two attached hydrogens (primary N) is 1. The molecule has 1 heterocycles. The summed E-state index contributed by atoms with van der Waals surface area (Å²) in [6.45, 7) is 0.637. The van der Waals surface area contributed by atoms with Crippen molar-refractivity contribution >= 4 is 34.9 Å². The minimum absolute atomic E-state index is 0.0765. The van der Waals surface area contributed by atoms with Crippen molar-refractivity contribution in [2.24, 2.45) is 11.7 Å². The van der Waals surface area contributed by atoms with Crippen molar-refractivity contribution in [1.82, 2.24) is 5.32 Å². The second kappa shape index (κ2) is 9.67. The zero-order valence-electron chi connectivity index (χ0n) is 17.7. The van der Waals surface area contributed by atoms with Gasteiger partial charge in [-0.15, -0.1) is 0 Å². The molecule has 0 bridgehead atoms. The lowest BCUT2D eigenvalue weighted by molar-refractivity contribution is -0.115. The molecule has 3 N–H and O–H groups in total. The first-order chi connectivity index (χ1) is 15.5. The Morgan fingerprint density at radius 3 is 2.66 bits per heavy atom. The molecule has 6 nitrogen and oxygen atoms in total. The van der Waals surface area contributed by atoms with Gasteiger partial charge in [0.15, 0.2) is 0 Å². The van der Waals surface area contributed by atoms with Crippen molar-refractivity contribution in [3.8, 4) is 0 Å². The number of fused-ring (bicyclic) bond motifs is 1. The van der Waals surface area contributed by atoms with E-state index in [1.54, 1.807) is 35.2 Å². The Labute approximate surface area is 192 Å². The fraction of sp³-hybridized carbons (Fsp3) is 0.320. The zero-order chi connectivity index (χ0) is 22.7. The summed E-state index contributed by atoms with van der Waals surface area (Å²) in [4.78, 5) is 40.4. The van der Waals surface area contributed by atoms with Gasteiger partial charge in [-0.1, -0.05) is 48.4 Å². The van der Waals surface area contributed by atoms with E-state index in [1.807, 2.05) is 18.2 Å². The first-order valence-electron chi connectivity index (χ1n) is 10.9. The number of nitrogens with zero attached hydrogens (tertiary/aromatic N) is 1. The molecule has 2 aliphatic rings. The van der Waals surface area contributed by atoms with Gasteiger partial charge < -0.3 is 16.0 Å². The molecule has 4 rings (SSSR count). The third-order valence-electron chi connectivity index (χ3n) is 6.20. The van der Waals surface area contributed by atoms with Crippen LogP contribution in [0.3, 0.4) is 0 Å². The second-order valence-corrected chi connectivity index (χ2v) is 8.66. The largest absolute Gasteiger partial charge is 0.352 e. The van der Waals surface area contributed by atoms with Crippen LogP contribution in [0.4, 0.5) is 5.69 Å². The fourth-order valence-electron chi connectivity index (χ4n) is 4.68. The Hall–Kier alpha value is -2.96. The first kappa shape index (κ1) is 22.2. The molecule has 1 aliphatic carbocycles. The summed E-state index contributed by atoms with van der Waals surface area (Å²) in [5.41, 5.74) is 7.25. The van der Waals surface area contributed by atoms with E-state index in [2.05, 4.69) is 5.32 Å². The maximum Gasteiger partial charge on any atom is 0.262 e. The molecule has 0 radical (unpaired) electrons. The summed E-state index contributed by atoms with van der Waals surface area (Å²) in [6, 6.07) is 14.2. The number of hydrogen-bond acceptors (Lipinski definition) is 4. The molecule has 1 aliphatic heterocycles. The van der Waals surface area contributed by atoms with E-state index in [9.17, 15) is 14.4 Å².